The molecule has 1 saturated heterocycles. The predicted molar refractivity (Wildman–Crippen MR) is 169 cm³/mol. The van der Waals surface area contributed by atoms with Gasteiger partial charge in [-0.3, -0.25) is 19.3 Å². The Hall–Kier alpha value is -1.91. The van der Waals surface area contributed by atoms with E-state index in [1.54, 1.807) is 13.8 Å². The van der Waals surface area contributed by atoms with Crippen LogP contribution in [0.5, 0.6) is 0 Å². The number of carbonyl (C=O) groups is 3. The van der Waals surface area contributed by atoms with Crippen LogP contribution in [0.1, 0.15) is 52.4 Å². The first-order chi connectivity index (χ1) is 21.9. The summed E-state index contributed by atoms with van der Waals surface area (Å²) >= 11 is 0. The van der Waals surface area contributed by atoms with Gasteiger partial charge in [0.05, 0.1) is 72.1 Å². The highest BCUT2D eigenvalue weighted by Gasteiger charge is 2.17. The van der Waals surface area contributed by atoms with E-state index >= 15 is 0 Å². The number of nitrogens with zero attached hydrogens (tertiary/aromatic N) is 2. The molecule has 264 valence electrons. The third-order valence-corrected chi connectivity index (χ3v) is 6.91. The van der Waals surface area contributed by atoms with Crippen LogP contribution in [0, 0.1) is 0 Å². The maximum Gasteiger partial charge on any atom is 0.307 e. The van der Waals surface area contributed by atoms with E-state index in [0.29, 0.717) is 78.8 Å². The van der Waals surface area contributed by atoms with Crippen LogP contribution in [0.25, 0.3) is 0 Å². The van der Waals surface area contributed by atoms with Gasteiger partial charge in [0.25, 0.3) is 0 Å². The van der Waals surface area contributed by atoms with E-state index in [1.807, 2.05) is 0 Å². The summed E-state index contributed by atoms with van der Waals surface area (Å²) in [4.78, 5) is 40.7. The Morgan fingerprint density at radius 1 is 0.800 bits per heavy atom. The van der Waals surface area contributed by atoms with Crippen molar-refractivity contribution in [3.05, 3.63) is 0 Å². The Kier molecular flexibility index (Phi) is 26.9. The number of nitrogens with two attached hydrogens (primary N) is 1. The minimum Gasteiger partial charge on any atom is -0.466 e. The van der Waals surface area contributed by atoms with E-state index in [0.717, 1.165) is 58.8 Å². The van der Waals surface area contributed by atoms with E-state index < -0.39 is 0 Å². The van der Waals surface area contributed by atoms with Crippen molar-refractivity contribution in [2.24, 2.45) is 5.73 Å². The molecular weight excluding hydrogens is 588 g/mol. The summed E-state index contributed by atoms with van der Waals surface area (Å²) in [5.74, 6) is -0.848. The van der Waals surface area contributed by atoms with Gasteiger partial charge >= 0.3 is 17.9 Å². The van der Waals surface area contributed by atoms with Gasteiger partial charge < -0.3 is 49.1 Å². The zero-order valence-electron chi connectivity index (χ0n) is 27.8. The highest BCUT2D eigenvalue weighted by Crippen LogP contribution is 2.05. The molecule has 1 rings (SSSR count). The molecule has 0 bridgehead atoms. The van der Waals surface area contributed by atoms with E-state index in [4.69, 9.17) is 38.9 Å². The summed E-state index contributed by atoms with van der Waals surface area (Å²) in [7, 11) is 0. The van der Waals surface area contributed by atoms with Gasteiger partial charge in [0.1, 0.15) is 6.10 Å². The molecule has 0 aromatic rings. The summed E-state index contributed by atoms with van der Waals surface area (Å²) in [6.45, 7) is 15.3. The third kappa shape index (κ3) is 25.9. The fourth-order valence-corrected chi connectivity index (χ4v) is 4.27. The lowest BCUT2D eigenvalue weighted by atomic mass is 10.3. The molecule has 14 heteroatoms. The topological polar surface area (TPSA) is 160 Å². The summed E-state index contributed by atoms with van der Waals surface area (Å²) in [6, 6.07) is 0. The van der Waals surface area contributed by atoms with Gasteiger partial charge in [-0.1, -0.05) is 0 Å². The minimum atomic E-state index is -0.371. The monoisotopic (exact) mass is 648 g/mol. The zero-order chi connectivity index (χ0) is 32.8. The number of morpholine rings is 1. The number of hydrogen-bond acceptors (Lipinski definition) is 14. The Balaban J connectivity index is 2.05. The van der Waals surface area contributed by atoms with Crippen molar-refractivity contribution in [3.63, 3.8) is 0 Å². The highest BCUT2D eigenvalue weighted by atomic mass is 16.6. The van der Waals surface area contributed by atoms with Crippen LogP contribution in [0.4, 0.5) is 0 Å². The van der Waals surface area contributed by atoms with Crippen LogP contribution in [-0.4, -0.2) is 159 Å². The minimum absolute atomic E-state index is 0.189. The lowest BCUT2D eigenvalue weighted by Gasteiger charge is -2.30. The number of rotatable bonds is 30. The van der Waals surface area contributed by atoms with Gasteiger partial charge in [-0.05, 0) is 39.8 Å². The van der Waals surface area contributed by atoms with Gasteiger partial charge in [0.15, 0.2) is 0 Å². The average Bonchev–Trinajstić information content (AvgIpc) is 3.03. The zero-order valence-corrected chi connectivity index (χ0v) is 27.8. The van der Waals surface area contributed by atoms with Crippen molar-refractivity contribution in [2.75, 3.05) is 125 Å². The van der Waals surface area contributed by atoms with E-state index in [2.05, 4.69) is 15.1 Å². The molecule has 1 aliphatic rings. The molecule has 1 fully saturated rings. The number of esters is 3. The van der Waals surface area contributed by atoms with Gasteiger partial charge in [0, 0.05) is 65.4 Å². The molecule has 0 aliphatic carbocycles. The first-order valence-corrected chi connectivity index (χ1v) is 16.6. The largest absolute Gasteiger partial charge is 0.466 e. The average molecular weight is 649 g/mol. The molecule has 45 heavy (non-hydrogen) atoms. The van der Waals surface area contributed by atoms with Crippen LogP contribution >= 0.6 is 0 Å². The number of carbonyl (C=O) groups excluding carboxylic acids is 3. The molecule has 1 heterocycles. The summed E-state index contributed by atoms with van der Waals surface area (Å²) in [5, 5.41) is 3.20. The van der Waals surface area contributed by atoms with Crippen molar-refractivity contribution in [1.29, 1.82) is 0 Å². The number of nitrogens with one attached hydrogen (secondary N) is 1. The molecule has 0 amide bonds. The normalized spacial score (nSPS) is 14.4. The molecular formula is C31H60N4O10. The summed E-state index contributed by atoms with van der Waals surface area (Å²) in [6.07, 6.45) is 2.50. The highest BCUT2D eigenvalue weighted by molar-refractivity contribution is 5.70. The van der Waals surface area contributed by atoms with E-state index in [9.17, 15) is 14.4 Å². The van der Waals surface area contributed by atoms with Gasteiger partial charge in [-0.2, -0.15) is 0 Å². The summed E-state index contributed by atoms with van der Waals surface area (Å²) < 4.78 is 37.6. The molecule has 1 unspecified atom stereocenters. The predicted octanol–water partition coefficient (Wildman–Crippen LogP) is 0.597. The molecule has 1 atom stereocenters. The fraction of sp³-hybridized carbons (Fsp3) is 0.903. The first kappa shape index (κ1) is 41.1. The van der Waals surface area contributed by atoms with Gasteiger partial charge in [0.2, 0.25) is 0 Å². The van der Waals surface area contributed by atoms with Crippen molar-refractivity contribution >= 4 is 17.9 Å². The van der Waals surface area contributed by atoms with Crippen LogP contribution in [0.2, 0.25) is 0 Å². The quantitative estimate of drug-likeness (QED) is 0.0633. The van der Waals surface area contributed by atoms with Crippen molar-refractivity contribution in [1.82, 2.24) is 15.1 Å². The van der Waals surface area contributed by atoms with Gasteiger partial charge in [-0.25, -0.2) is 0 Å². The lowest BCUT2D eigenvalue weighted by Crippen LogP contribution is -2.42. The number of ether oxygens (including phenoxy) is 7. The SMILES string of the molecule is CCOC(=O)CCN(CCC(=O)OC(C)CCOC(=O)CCNCCCOCCOCCOCCCN)CCN1CCOCC1. The molecule has 0 aromatic heterocycles. The van der Waals surface area contributed by atoms with Crippen molar-refractivity contribution < 1.29 is 47.5 Å². The maximum absolute atomic E-state index is 12.5. The standard InChI is InChI=1S/C31H60N4O10/c1-3-43-30(37)7-13-34(15-16-35-17-22-41-23-18-35)14-8-31(38)45-28(2)9-21-44-29(36)6-12-33-11-5-20-40-25-27-42-26-24-39-19-4-10-32/h28,33H,3-27,32H2,1-2H3. The van der Waals surface area contributed by atoms with Gasteiger partial charge in [-0.15, -0.1) is 0 Å². The van der Waals surface area contributed by atoms with Crippen molar-refractivity contribution in [3.8, 4) is 0 Å². The number of hydrogen-bond donors (Lipinski definition) is 2. The molecule has 3 N–H and O–H groups in total. The molecule has 0 spiro atoms. The molecule has 0 radical (unpaired) electrons. The second-order valence-electron chi connectivity index (χ2n) is 10.7. The summed E-state index contributed by atoms with van der Waals surface area (Å²) in [5.41, 5.74) is 5.40. The second-order valence-corrected chi connectivity index (χ2v) is 10.7. The van der Waals surface area contributed by atoms with E-state index in [1.165, 1.54) is 0 Å². The first-order valence-electron chi connectivity index (χ1n) is 16.6. The molecule has 0 aromatic carbocycles. The molecule has 0 saturated carbocycles. The lowest BCUT2D eigenvalue weighted by molar-refractivity contribution is -0.150. The molecule has 14 nitrogen and oxygen atoms in total. The van der Waals surface area contributed by atoms with Crippen LogP contribution < -0.4 is 11.1 Å². The van der Waals surface area contributed by atoms with Crippen LogP contribution in [-0.2, 0) is 47.5 Å². The Morgan fingerprint density at radius 3 is 2.09 bits per heavy atom. The molecule has 1 aliphatic heterocycles. The van der Waals surface area contributed by atoms with Crippen molar-refractivity contribution in [2.45, 2.75) is 58.5 Å². The fourth-order valence-electron chi connectivity index (χ4n) is 4.27. The van der Waals surface area contributed by atoms with Crippen LogP contribution in [0.3, 0.4) is 0 Å². The third-order valence-electron chi connectivity index (χ3n) is 6.91. The second kappa shape index (κ2) is 29.5. The Morgan fingerprint density at radius 2 is 1.42 bits per heavy atom. The Labute approximate surface area is 269 Å². The maximum atomic E-state index is 12.5. The van der Waals surface area contributed by atoms with Crippen LogP contribution in [0.15, 0.2) is 0 Å². The van der Waals surface area contributed by atoms with E-state index in [-0.39, 0.29) is 49.9 Å². The smallest absolute Gasteiger partial charge is 0.307 e. The Bertz CT molecular complexity index is 743.